The van der Waals surface area contributed by atoms with Crippen molar-refractivity contribution in [2.24, 2.45) is 0 Å². The molecule has 0 saturated carbocycles. The Morgan fingerprint density at radius 2 is 0.700 bits per heavy atom. The van der Waals surface area contributed by atoms with Crippen LogP contribution in [0, 0.1) is 0 Å². The smallest absolute Gasteiger partial charge is 0.269 e. The Morgan fingerprint density at radius 3 is 0.900 bits per heavy atom. The summed E-state index contributed by atoms with van der Waals surface area (Å²) in [6.45, 7) is 18.0. The van der Waals surface area contributed by atoms with E-state index in [-0.39, 0.29) is 64.2 Å². The van der Waals surface area contributed by atoms with Crippen LogP contribution >= 0.6 is 10.7 Å². The molecular formula is C21H35ClO7S. The lowest BCUT2D eigenvalue weighted by molar-refractivity contribution is 0.145. The Morgan fingerprint density at radius 1 is 0.500 bits per heavy atom. The summed E-state index contributed by atoms with van der Waals surface area (Å²) in [6, 6.07) is 0. The SMILES string of the molecule is CC(C)Oc1c(OC(C)C)c(OC(C)C)c(S(=O)(=O)Cl)c(OC(C)C)c1OC(C)C. The van der Waals surface area contributed by atoms with Crippen LogP contribution in [0.25, 0.3) is 0 Å². The Labute approximate surface area is 185 Å². The molecule has 0 fully saturated rings. The monoisotopic (exact) mass is 466 g/mol. The van der Waals surface area contributed by atoms with E-state index in [0.717, 1.165) is 0 Å². The summed E-state index contributed by atoms with van der Waals surface area (Å²) in [5.74, 6) is 0.312. The molecule has 0 spiro atoms. The largest absolute Gasteiger partial charge is 0.485 e. The highest BCUT2D eigenvalue weighted by Crippen LogP contribution is 2.57. The molecule has 0 heterocycles. The van der Waals surface area contributed by atoms with E-state index in [1.165, 1.54) is 0 Å². The summed E-state index contributed by atoms with van der Waals surface area (Å²) < 4.78 is 55.2. The average Bonchev–Trinajstić information content (AvgIpc) is 2.50. The van der Waals surface area contributed by atoms with Gasteiger partial charge in [0.2, 0.25) is 17.2 Å². The van der Waals surface area contributed by atoms with Crippen LogP contribution in [0.15, 0.2) is 4.90 Å². The number of ether oxygens (including phenoxy) is 5. The van der Waals surface area contributed by atoms with E-state index < -0.39 is 9.05 Å². The second kappa shape index (κ2) is 10.7. The third-order valence-corrected chi connectivity index (χ3v) is 4.57. The van der Waals surface area contributed by atoms with Crippen molar-refractivity contribution in [1.82, 2.24) is 0 Å². The number of halogens is 1. The van der Waals surface area contributed by atoms with Crippen LogP contribution in [0.1, 0.15) is 69.2 Å². The van der Waals surface area contributed by atoms with Gasteiger partial charge in [-0.1, -0.05) is 0 Å². The van der Waals surface area contributed by atoms with Gasteiger partial charge in [0.15, 0.2) is 16.4 Å². The van der Waals surface area contributed by atoms with Crippen molar-refractivity contribution in [2.45, 2.75) is 105 Å². The van der Waals surface area contributed by atoms with Gasteiger partial charge in [0.05, 0.1) is 30.5 Å². The standard InChI is InChI=1S/C21H35ClO7S/c1-11(2)25-16-17(26-12(3)4)19(28-14(7)8)21(30(22,23)24)20(29-15(9)10)18(16)27-13(5)6/h11-15H,1-10H3. The van der Waals surface area contributed by atoms with Crippen molar-refractivity contribution >= 4 is 19.7 Å². The highest BCUT2D eigenvalue weighted by atomic mass is 35.7. The molecule has 0 aliphatic carbocycles. The van der Waals surface area contributed by atoms with Crippen LogP contribution in [0.3, 0.4) is 0 Å². The van der Waals surface area contributed by atoms with Crippen molar-refractivity contribution in [3.8, 4) is 28.7 Å². The summed E-state index contributed by atoms with van der Waals surface area (Å²) in [6.07, 6.45) is -1.60. The molecule has 0 amide bonds. The summed E-state index contributed by atoms with van der Waals surface area (Å²) in [5.41, 5.74) is 0. The molecule has 30 heavy (non-hydrogen) atoms. The first-order chi connectivity index (χ1) is 13.6. The van der Waals surface area contributed by atoms with Gasteiger partial charge < -0.3 is 23.7 Å². The molecular weight excluding hydrogens is 432 g/mol. The van der Waals surface area contributed by atoms with Crippen LogP contribution in [-0.2, 0) is 9.05 Å². The Balaban J connectivity index is 4.22. The van der Waals surface area contributed by atoms with Gasteiger partial charge in [-0.05, 0) is 69.2 Å². The van der Waals surface area contributed by atoms with E-state index >= 15 is 0 Å². The molecule has 174 valence electrons. The van der Waals surface area contributed by atoms with Crippen LogP contribution in [0.5, 0.6) is 28.7 Å². The van der Waals surface area contributed by atoms with E-state index in [1.807, 2.05) is 41.5 Å². The number of benzene rings is 1. The molecule has 1 aromatic carbocycles. The third-order valence-electron chi connectivity index (χ3n) is 3.25. The van der Waals surface area contributed by atoms with Gasteiger partial charge >= 0.3 is 0 Å². The van der Waals surface area contributed by atoms with E-state index in [0.29, 0.717) is 0 Å². The second-order valence-electron chi connectivity index (χ2n) is 8.25. The van der Waals surface area contributed by atoms with Gasteiger partial charge in [0.1, 0.15) is 0 Å². The average molecular weight is 467 g/mol. The van der Waals surface area contributed by atoms with Gasteiger partial charge in [0.25, 0.3) is 9.05 Å². The van der Waals surface area contributed by atoms with Gasteiger partial charge in [-0.15, -0.1) is 0 Å². The quantitative estimate of drug-likeness (QED) is 0.395. The second-order valence-corrected chi connectivity index (χ2v) is 10.7. The van der Waals surface area contributed by atoms with Gasteiger partial charge in [-0.25, -0.2) is 8.42 Å². The lowest BCUT2D eigenvalue weighted by atomic mass is 10.2. The Bertz CT molecular complexity index is 770. The van der Waals surface area contributed by atoms with Crippen molar-refractivity contribution < 1.29 is 32.1 Å². The van der Waals surface area contributed by atoms with Gasteiger partial charge in [0, 0.05) is 10.7 Å². The highest BCUT2D eigenvalue weighted by molar-refractivity contribution is 8.14. The van der Waals surface area contributed by atoms with E-state index in [2.05, 4.69) is 0 Å². The molecule has 0 atom stereocenters. The molecule has 9 heteroatoms. The fourth-order valence-electron chi connectivity index (χ4n) is 2.55. The Kier molecular flexibility index (Phi) is 9.42. The zero-order valence-electron chi connectivity index (χ0n) is 19.5. The molecule has 0 N–H and O–H groups in total. The van der Waals surface area contributed by atoms with Crippen molar-refractivity contribution in [1.29, 1.82) is 0 Å². The summed E-state index contributed by atoms with van der Waals surface area (Å²) in [5, 5.41) is 0. The minimum Gasteiger partial charge on any atom is -0.485 e. The van der Waals surface area contributed by atoms with E-state index in [9.17, 15) is 8.42 Å². The van der Waals surface area contributed by atoms with Crippen molar-refractivity contribution in [3.63, 3.8) is 0 Å². The van der Waals surface area contributed by atoms with Crippen LogP contribution in [-0.4, -0.2) is 38.9 Å². The normalized spacial score (nSPS) is 12.3. The fourth-order valence-corrected chi connectivity index (χ4v) is 3.70. The first-order valence-electron chi connectivity index (χ1n) is 10.2. The molecule has 1 aromatic rings. The molecule has 0 saturated heterocycles. The zero-order valence-corrected chi connectivity index (χ0v) is 21.1. The molecule has 0 radical (unpaired) electrons. The maximum atomic E-state index is 12.7. The summed E-state index contributed by atoms with van der Waals surface area (Å²) in [4.78, 5) is -0.339. The minimum absolute atomic E-state index is 0.0592. The maximum absolute atomic E-state index is 12.7. The first kappa shape index (κ1) is 26.5. The first-order valence-corrected chi connectivity index (χ1v) is 12.5. The van der Waals surface area contributed by atoms with E-state index in [4.69, 9.17) is 34.4 Å². The van der Waals surface area contributed by atoms with Gasteiger partial charge in [-0.2, -0.15) is 0 Å². The van der Waals surface area contributed by atoms with Crippen molar-refractivity contribution in [3.05, 3.63) is 0 Å². The zero-order chi connectivity index (χ0) is 23.4. The molecule has 0 unspecified atom stereocenters. The van der Waals surface area contributed by atoms with Crippen LogP contribution in [0.2, 0.25) is 0 Å². The van der Waals surface area contributed by atoms with Crippen LogP contribution in [0.4, 0.5) is 0 Å². The minimum atomic E-state index is -4.31. The number of hydrogen-bond acceptors (Lipinski definition) is 7. The molecule has 7 nitrogen and oxygen atoms in total. The Hall–Kier alpha value is -1.54. The predicted octanol–water partition coefficient (Wildman–Crippen LogP) is 5.55. The molecule has 0 aliphatic rings. The lowest BCUT2D eigenvalue weighted by Gasteiger charge is -2.28. The number of hydrogen-bond donors (Lipinski definition) is 0. The predicted molar refractivity (Wildman–Crippen MR) is 118 cm³/mol. The topological polar surface area (TPSA) is 80.3 Å². The van der Waals surface area contributed by atoms with Crippen molar-refractivity contribution in [2.75, 3.05) is 0 Å². The summed E-state index contributed by atoms with van der Waals surface area (Å²) >= 11 is 0. The third kappa shape index (κ3) is 7.30. The molecule has 0 aromatic heterocycles. The van der Waals surface area contributed by atoms with Crippen LogP contribution < -0.4 is 23.7 Å². The lowest BCUT2D eigenvalue weighted by Crippen LogP contribution is -2.20. The molecule has 0 aliphatic heterocycles. The summed E-state index contributed by atoms with van der Waals surface area (Å²) in [7, 11) is 1.56. The van der Waals surface area contributed by atoms with Gasteiger partial charge in [-0.3, -0.25) is 0 Å². The van der Waals surface area contributed by atoms with E-state index in [1.54, 1.807) is 27.7 Å². The highest BCUT2D eigenvalue weighted by Gasteiger charge is 2.37. The molecule has 1 rings (SSSR count). The molecule has 0 bridgehead atoms. The fraction of sp³-hybridized carbons (Fsp3) is 0.714. The maximum Gasteiger partial charge on any atom is 0.269 e. The number of rotatable bonds is 11.